The Hall–Kier alpha value is -3.46. The molecule has 0 bridgehead atoms. The van der Waals surface area contributed by atoms with Crippen LogP contribution >= 0.6 is 11.8 Å². The smallest absolute Gasteiger partial charge is 0.338 e. The van der Waals surface area contributed by atoms with Gasteiger partial charge in [0.25, 0.3) is 0 Å². The van der Waals surface area contributed by atoms with Crippen molar-refractivity contribution in [3.63, 3.8) is 0 Å². The second-order valence-electron chi connectivity index (χ2n) is 7.06. The third kappa shape index (κ3) is 5.82. The lowest BCUT2D eigenvalue weighted by Gasteiger charge is -2.10. The molecule has 1 N–H and O–H groups in total. The molecule has 9 heteroatoms. The van der Waals surface area contributed by atoms with Gasteiger partial charge in [0.15, 0.2) is 11.0 Å². The van der Waals surface area contributed by atoms with E-state index in [0.717, 1.165) is 0 Å². The van der Waals surface area contributed by atoms with E-state index >= 15 is 0 Å². The molecule has 1 aromatic heterocycles. The Morgan fingerprint density at radius 2 is 2.00 bits per heavy atom. The number of amides is 1. The molecule has 166 valence electrons. The van der Waals surface area contributed by atoms with E-state index in [1.807, 2.05) is 0 Å². The molecule has 32 heavy (non-hydrogen) atoms. The van der Waals surface area contributed by atoms with Gasteiger partial charge in [-0.25, -0.2) is 9.18 Å². The largest absolute Gasteiger partial charge is 0.459 e. The second-order valence-corrected chi connectivity index (χ2v) is 8.00. The minimum Gasteiger partial charge on any atom is -0.459 e. The lowest BCUT2D eigenvalue weighted by molar-refractivity contribution is -0.113. The minimum atomic E-state index is -0.455. The fourth-order valence-corrected chi connectivity index (χ4v) is 3.61. The number of carbonyl (C=O) groups is 2. The minimum absolute atomic E-state index is 0.0488. The van der Waals surface area contributed by atoms with Gasteiger partial charge in [-0.2, -0.15) is 0 Å². The van der Waals surface area contributed by atoms with Crippen molar-refractivity contribution in [2.45, 2.75) is 31.7 Å². The number of thioether (sulfide) groups is 1. The summed E-state index contributed by atoms with van der Waals surface area (Å²) in [5, 5.41) is 11.4. The monoisotopic (exact) mass is 454 g/mol. The highest BCUT2D eigenvalue weighted by Crippen LogP contribution is 2.26. The molecule has 1 heterocycles. The highest BCUT2D eigenvalue weighted by Gasteiger charge is 2.17. The zero-order chi connectivity index (χ0) is 23.1. The van der Waals surface area contributed by atoms with Crippen molar-refractivity contribution < 1.29 is 18.7 Å². The predicted molar refractivity (Wildman–Crippen MR) is 122 cm³/mol. The van der Waals surface area contributed by atoms with Crippen molar-refractivity contribution in [3.05, 3.63) is 72.6 Å². The van der Waals surface area contributed by atoms with Crippen LogP contribution in [-0.2, 0) is 16.1 Å². The van der Waals surface area contributed by atoms with Gasteiger partial charge in [-0.1, -0.05) is 36.0 Å². The lowest BCUT2D eigenvalue weighted by Crippen LogP contribution is -2.16. The Morgan fingerprint density at radius 1 is 1.22 bits per heavy atom. The Morgan fingerprint density at radius 3 is 2.72 bits per heavy atom. The number of halogens is 1. The Kier molecular flexibility index (Phi) is 7.77. The fourth-order valence-electron chi connectivity index (χ4n) is 2.86. The molecule has 0 aliphatic carbocycles. The van der Waals surface area contributed by atoms with Gasteiger partial charge in [0.05, 0.1) is 23.0 Å². The standard InChI is InChI=1S/C23H23FN4O3S/c1-4-12-28-21(18-10-5-6-11-19(18)24)26-27-23(28)32-14-20(29)25-17-9-7-8-16(13-17)22(30)31-15(2)3/h4-11,13,15H,1,12,14H2,2-3H3,(H,25,29). The lowest BCUT2D eigenvalue weighted by atomic mass is 10.2. The van der Waals surface area contributed by atoms with Crippen LogP contribution in [0.2, 0.25) is 0 Å². The molecule has 2 aromatic carbocycles. The third-order valence-corrected chi connectivity index (χ3v) is 5.17. The van der Waals surface area contributed by atoms with Crippen molar-refractivity contribution >= 4 is 29.3 Å². The van der Waals surface area contributed by atoms with Crippen molar-refractivity contribution in [2.24, 2.45) is 0 Å². The Labute approximate surface area is 189 Å². The first-order valence-corrected chi connectivity index (χ1v) is 10.9. The summed E-state index contributed by atoms with van der Waals surface area (Å²) < 4.78 is 21.1. The number of aromatic nitrogens is 3. The zero-order valence-corrected chi connectivity index (χ0v) is 18.6. The molecule has 0 saturated heterocycles. The number of esters is 1. The molecule has 1 amide bonds. The van der Waals surface area contributed by atoms with Crippen LogP contribution in [0.5, 0.6) is 0 Å². The van der Waals surface area contributed by atoms with Crippen LogP contribution < -0.4 is 5.32 Å². The van der Waals surface area contributed by atoms with Crippen molar-refractivity contribution in [1.82, 2.24) is 14.8 Å². The summed E-state index contributed by atoms with van der Waals surface area (Å²) in [6, 6.07) is 12.8. The molecule has 0 spiro atoms. The van der Waals surface area contributed by atoms with Gasteiger partial charge in [-0.3, -0.25) is 9.36 Å². The number of nitrogens with one attached hydrogen (secondary N) is 1. The van der Waals surface area contributed by atoms with Gasteiger partial charge in [-0.15, -0.1) is 16.8 Å². The summed E-state index contributed by atoms with van der Waals surface area (Å²) in [7, 11) is 0. The van der Waals surface area contributed by atoms with E-state index in [2.05, 4.69) is 22.1 Å². The number of allylic oxidation sites excluding steroid dienone is 1. The number of nitrogens with zero attached hydrogens (tertiary/aromatic N) is 3. The molecule has 0 unspecified atom stereocenters. The number of hydrogen-bond acceptors (Lipinski definition) is 6. The van der Waals surface area contributed by atoms with Crippen molar-refractivity contribution in [3.8, 4) is 11.4 Å². The van der Waals surface area contributed by atoms with E-state index in [-0.39, 0.29) is 17.8 Å². The van der Waals surface area contributed by atoms with E-state index in [1.54, 1.807) is 67.0 Å². The van der Waals surface area contributed by atoms with Crippen LogP contribution in [0.4, 0.5) is 10.1 Å². The molecular formula is C23H23FN4O3S. The summed E-state index contributed by atoms with van der Waals surface area (Å²) in [5.74, 6) is -0.737. The van der Waals surface area contributed by atoms with Crippen molar-refractivity contribution in [2.75, 3.05) is 11.1 Å². The summed E-state index contributed by atoms with van der Waals surface area (Å²) in [6.45, 7) is 7.63. The van der Waals surface area contributed by atoms with Crippen LogP contribution in [0.15, 0.2) is 66.3 Å². The van der Waals surface area contributed by atoms with Gasteiger partial charge < -0.3 is 10.1 Å². The zero-order valence-electron chi connectivity index (χ0n) is 17.7. The van der Waals surface area contributed by atoms with Gasteiger partial charge in [-0.05, 0) is 44.2 Å². The highest BCUT2D eigenvalue weighted by molar-refractivity contribution is 7.99. The first kappa shape index (κ1) is 23.2. The predicted octanol–water partition coefficient (Wildman–Crippen LogP) is 4.57. The van der Waals surface area contributed by atoms with Crippen molar-refractivity contribution in [1.29, 1.82) is 0 Å². The number of hydrogen-bond donors (Lipinski definition) is 1. The van der Waals surface area contributed by atoms with Crippen LogP contribution in [0, 0.1) is 5.82 Å². The molecule has 0 fully saturated rings. The number of rotatable bonds is 9. The normalized spacial score (nSPS) is 10.8. The first-order valence-electron chi connectivity index (χ1n) is 9.91. The molecule has 7 nitrogen and oxygen atoms in total. The number of benzene rings is 2. The van der Waals surface area contributed by atoms with Crippen LogP contribution in [0.3, 0.4) is 0 Å². The second kappa shape index (κ2) is 10.7. The first-order chi connectivity index (χ1) is 15.4. The van der Waals surface area contributed by atoms with Gasteiger partial charge in [0, 0.05) is 12.2 Å². The molecule has 0 atom stereocenters. The van der Waals surface area contributed by atoms with Crippen LogP contribution in [0.1, 0.15) is 24.2 Å². The Bertz CT molecular complexity index is 1130. The maximum absolute atomic E-state index is 14.2. The number of ether oxygens (including phenoxy) is 1. The number of anilines is 1. The van der Waals surface area contributed by atoms with E-state index in [4.69, 9.17) is 4.74 Å². The average molecular weight is 455 g/mol. The summed E-state index contributed by atoms with van der Waals surface area (Å²) in [5.41, 5.74) is 1.15. The molecule has 0 aliphatic rings. The summed E-state index contributed by atoms with van der Waals surface area (Å²) in [6.07, 6.45) is 1.42. The molecule has 3 aromatic rings. The van der Waals surface area contributed by atoms with Gasteiger partial charge in [0.2, 0.25) is 5.91 Å². The van der Waals surface area contributed by atoms with E-state index in [0.29, 0.717) is 34.3 Å². The Balaban J connectivity index is 1.68. The molecule has 0 saturated carbocycles. The summed E-state index contributed by atoms with van der Waals surface area (Å²) in [4.78, 5) is 24.5. The fraction of sp³-hybridized carbons (Fsp3) is 0.217. The van der Waals surface area contributed by atoms with E-state index in [9.17, 15) is 14.0 Å². The van der Waals surface area contributed by atoms with Gasteiger partial charge in [0.1, 0.15) is 5.82 Å². The van der Waals surface area contributed by atoms with E-state index in [1.165, 1.54) is 17.8 Å². The highest BCUT2D eigenvalue weighted by atomic mass is 32.2. The molecule has 0 radical (unpaired) electrons. The SMILES string of the molecule is C=CCn1c(SCC(=O)Nc2cccc(C(=O)OC(C)C)c2)nnc1-c1ccccc1F. The molecule has 0 aliphatic heterocycles. The average Bonchev–Trinajstić information content (AvgIpc) is 3.15. The summed E-state index contributed by atoms with van der Waals surface area (Å²) >= 11 is 1.17. The maximum atomic E-state index is 14.2. The topological polar surface area (TPSA) is 86.1 Å². The molecular weight excluding hydrogens is 431 g/mol. The van der Waals surface area contributed by atoms with Crippen LogP contribution in [-0.4, -0.2) is 38.5 Å². The van der Waals surface area contributed by atoms with Crippen LogP contribution in [0.25, 0.3) is 11.4 Å². The maximum Gasteiger partial charge on any atom is 0.338 e. The quantitative estimate of drug-likeness (QED) is 0.290. The van der Waals surface area contributed by atoms with Gasteiger partial charge >= 0.3 is 5.97 Å². The third-order valence-electron chi connectivity index (χ3n) is 4.20. The number of carbonyl (C=O) groups excluding carboxylic acids is 2. The molecule has 3 rings (SSSR count). The van der Waals surface area contributed by atoms with E-state index < -0.39 is 11.8 Å².